The Morgan fingerprint density at radius 1 is 0.905 bits per heavy atom. The van der Waals surface area contributed by atoms with Gasteiger partial charge in [0.05, 0.1) is 13.1 Å². The van der Waals surface area contributed by atoms with Crippen LogP contribution < -0.4 is 4.90 Å². The molecule has 0 N–H and O–H groups in total. The molecule has 0 unspecified atom stereocenters. The van der Waals surface area contributed by atoms with Crippen molar-refractivity contribution in [1.29, 1.82) is 0 Å². The molecule has 0 saturated heterocycles. The van der Waals surface area contributed by atoms with Crippen molar-refractivity contribution in [3.05, 3.63) is 59.7 Å². The summed E-state index contributed by atoms with van der Waals surface area (Å²) in [6, 6.07) is 17.2. The molecule has 2 aromatic rings. The van der Waals surface area contributed by atoms with Crippen LogP contribution >= 0.6 is 0 Å². The normalized spacial score (nSPS) is 14.4. The Morgan fingerprint density at radius 2 is 1.57 bits per heavy atom. The molecule has 0 saturated carbocycles. The standard InChI is InChI=1S/C18H21N2.Pt/c1-15-8-3-5-10-17(15)19-12-7-13-20(14-19)18-11-6-4-9-16(18)2;/h3-6,8-11,14H,7,12-13H2,1-2H3;/q+1;+2. The van der Waals surface area contributed by atoms with E-state index in [1.54, 1.807) is 0 Å². The summed E-state index contributed by atoms with van der Waals surface area (Å²) in [5, 5.41) is 0. The first kappa shape index (κ1) is 16.0. The molecule has 3 heteroatoms. The molecular weight excluding hydrogens is 439 g/mol. The minimum absolute atomic E-state index is 0. The average molecular weight is 460 g/mol. The van der Waals surface area contributed by atoms with E-state index in [2.05, 4.69) is 78.2 Å². The average Bonchev–Trinajstić information content (AvgIpc) is 2.48. The second-order valence-electron chi connectivity index (χ2n) is 5.43. The number of hydrogen-bond donors (Lipinski definition) is 0. The van der Waals surface area contributed by atoms with Crippen LogP contribution in [-0.4, -0.2) is 24.0 Å². The fraction of sp³-hybridized carbons (Fsp3) is 0.278. The summed E-state index contributed by atoms with van der Waals surface area (Å²) in [6.07, 6.45) is 3.44. The van der Waals surface area contributed by atoms with Crippen molar-refractivity contribution >= 4 is 17.7 Å². The van der Waals surface area contributed by atoms with Gasteiger partial charge in [-0.05, 0) is 37.1 Å². The number of para-hydroxylation sites is 2. The summed E-state index contributed by atoms with van der Waals surface area (Å²) in [7, 11) is 0. The van der Waals surface area contributed by atoms with Crippen molar-refractivity contribution in [2.45, 2.75) is 20.3 Å². The van der Waals surface area contributed by atoms with Crippen LogP contribution in [0.25, 0.3) is 0 Å². The van der Waals surface area contributed by atoms with E-state index in [-0.39, 0.29) is 21.1 Å². The van der Waals surface area contributed by atoms with E-state index in [9.17, 15) is 0 Å². The van der Waals surface area contributed by atoms with Crippen molar-refractivity contribution < 1.29 is 25.6 Å². The molecule has 1 heterocycles. The Hall–Kier alpha value is -1.40. The number of rotatable bonds is 2. The van der Waals surface area contributed by atoms with Gasteiger partial charge in [0.25, 0.3) is 0 Å². The molecule has 21 heavy (non-hydrogen) atoms. The number of hydrogen-bond acceptors (Lipinski definition) is 1. The second kappa shape index (κ2) is 7.04. The third-order valence-corrected chi connectivity index (χ3v) is 3.93. The summed E-state index contributed by atoms with van der Waals surface area (Å²) in [6.45, 7) is 6.53. The molecule has 2 nitrogen and oxygen atoms in total. The molecule has 0 fully saturated rings. The van der Waals surface area contributed by atoms with Crippen LogP contribution in [0.4, 0.5) is 11.4 Å². The Labute approximate surface area is 141 Å². The van der Waals surface area contributed by atoms with Crippen molar-refractivity contribution in [2.75, 3.05) is 18.0 Å². The quantitative estimate of drug-likeness (QED) is 0.617. The predicted molar refractivity (Wildman–Crippen MR) is 85.2 cm³/mol. The van der Waals surface area contributed by atoms with E-state index in [0.717, 1.165) is 13.1 Å². The number of anilines is 1. The molecule has 110 valence electrons. The maximum Gasteiger partial charge on any atom is 2.00 e. The third kappa shape index (κ3) is 3.44. The fourth-order valence-corrected chi connectivity index (χ4v) is 2.83. The van der Waals surface area contributed by atoms with Crippen LogP contribution in [0.15, 0.2) is 48.5 Å². The zero-order valence-electron chi connectivity index (χ0n) is 12.5. The van der Waals surface area contributed by atoms with Crippen LogP contribution in [0, 0.1) is 13.8 Å². The molecule has 0 atom stereocenters. The van der Waals surface area contributed by atoms with Gasteiger partial charge < -0.3 is 0 Å². The summed E-state index contributed by atoms with van der Waals surface area (Å²) < 4.78 is 2.37. The van der Waals surface area contributed by atoms with Gasteiger partial charge in [-0.1, -0.05) is 36.4 Å². The van der Waals surface area contributed by atoms with E-state index < -0.39 is 0 Å². The van der Waals surface area contributed by atoms with Gasteiger partial charge in [0.1, 0.15) is 11.4 Å². The van der Waals surface area contributed by atoms with E-state index in [0.29, 0.717) is 0 Å². The van der Waals surface area contributed by atoms with Gasteiger partial charge >= 0.3 is 21.1 Å². The van der Waals surface area contributed by atoms with Gasteiger partial charge in [-0.15, -0.1) is 0 Å². The van der Waals surface area contributed by atoms with Gasteiger partial charge in [-0.25, -0.2) is 9.48 Å². The van der Waals surface area contributed by atoms with Crippen LogP contribution in [0.5, 0.6) is 0 Å². The van der Waals surface area contributed by atoms with Crippen molar-refractivity contribution in [2.24, 2.45) is 0 Å². The van der Waals surface area contributed by atoms with E-state index in [1.807, 2.05) is 0 Å². The minimum atomic E-state index is 0. The zero-order valence-corrected chi connectivity index (χ0v) is 14.8. The molecule has 0 amide bonds. The summed E-state index contributed by atoms with van der Waals surface area (Å²) in [4.78, 5) is 2.37. The SMILES string of the molecule is Cc1ccccc1N1C=[N+](c2ccccc2C)CCC1.[Pt+2]. The number of benzene rings is 2. The maximum absolute atomic E-state index is 2.37. The number of aryl methyl sites for hydroxylation is 2. The van der Waals surface area contributed by atoms with Gasteiger partial charge in [-0.2, -0.15) is 0 Å². The molecule has 0 radical (unpaired) electrons. The molecule has 2 aromatic carbocycles. The molecule has 0 aliphatic carbocycles. The summed E-state index contributed by atoms with van der Waals surface area (Å²) in [5.74, 6) is 0. The first-order chi connectivity index (χ1) is 9.75. The molecule has 3 rings (SSSR count). The van der Waals surface area contributed by atoms with Crippen LogP contribution in [0.3, 0.4) is 0 Å². The van der Waals surface area contributed by atoms with Crippen LogP contribution in [0.1, 0.15) is 17.5 Å². The topological polar surface area (TPSA) is 6.25 Å². The second-order valence-corrected chi connectivity index (χ2v) is 5.43. The molecular formula is C18H21N2Pt+3. The first-order valence-electron chi connectivity index (χ1n) is 7.25. The minimum Gasteiger partial charge on any atom is -0.233 e. The van der Waals surface area contributed by atoms with Crippen molar-refractivity contribution in [3.8, 4) is 0 Å². The monoisotopic (exact) mass is 460 g/mol. The third-order valence-electron chi connectivity index (χ3n) is 3.93. The van der Waals surface area contributed by atoms with Gasteiger partial charge in [0.2, 0.25) is 6.34 Å². The Morgan fingerprint density at radius 3 is 2.29 bits per heavy atom. The van der Waals surface area contributed by atoms with Gasteiger partial charge in [0.15, 0.2) is 0 Å². The molecule has 0 bridgehead atoms. The molecule has 0 spiro atoms. The van der Waals surface area contributed by atoms with Crippen LogP contribution in [-0.2, 0) is 21.1 Å². The maximum atomic E-state index is 2.37. The van der Waals surface area contributed by atoms with E-state index in [1.165, 1.54) is 28.9 Å². The predicted octanol–water partition coefficient (Wildman–Crippen LogP) is 3.88. The Kier molecular flexibility index (Phi) is 5.36. The fourth-order valence-electron chi connectivity index (χ4n) is 2.83. The van der Waals surface area contributed by atoms with Crippen molar-refractivity contribution in [1.82, 2.24) is 0 Å². The smallest absolute Gasteiger partial charge is 0.233 e. The molecule has 0 aromatic heterocycles. The summed E-state index contributed by atoms with van der Waals surface area (Å²) >= 11 is 0. The largest absolute Gasteiger partial charge is 2.00 e. The van der Waals surface area contributed by atoms with Crippen molar-refractivity contribution in [3.63, 3.8) is 0 Å². The summed E-state index contributed by atoms with van der Waals surface area (Å²) in [5.41, 5.74) is 5.28. The Bertz CT molecular complexity index is 649. The van der Waals surface area contributed by atoms with E-state index >= 15 is 0 Å². The molecule has 1 aliphatic heterocycles. The van der Waals surface area contributed by atoms with E-state index in [4.69, 9.17) is 0 Å². The van der Waals surface area contributed by atoms with Gasteiger partial charge in [0, 0.05) is 6.42 Å². The van der Waals surface area contributed by atoms with Gasteiger partial charge in [-0.3, -0.25) is 0 Å². The van der Waals surface area contributed by atoms with Crippen LogP contribution in [0.2, 0.25) is 0 Å². The molecule has 1 aliphatic rings. The number of nitrogens with zero attached hydrogens (tertiary/aromatic N) is 2. The first-order valence-corrected chi connectivity index (χ1v) is 7.25. The Balaban J connectivity index is 0.00000161. The zero-order chi connectivity index (χ0) is 13.9.